The maximum absolute atomic E-state index is 13.9. The summed E-state index contributed by atoms with van der Waals surface area (Å²) in [5, 5.41) is 1.54. The highest BCUT2D eigenvalue weighted by atomic mass is 79.9. The molecule has 7 nitrogen and oxygen atoms in total. The van der Waals surface area contributed by atoms with Gasteiger partial charge >= 0.3 is 0 Å². The third kappa shape index (κ3) is 9.47. The van der Waals surface area contributed by atoms with Gasteiger partial charge in [-0.25, -0.2) is 0 Å². The first kappa shape index (κ1) is 38.3. The van der Waals surface area contributed by atoms with Gasteiger partial charge in [0.25, 0.3) is 0 Å². The molecule has 3 fully saturated rings. The van der Waals surface area contributed by atoms with Gasteiger partial charge < -0.3 is 9.80 Å². The van der Waals surface area contributed by atoms with Crippen molar-refractivity contribution in [3.63, 3.8) is 0 Å². The molecule has 2 atom stereocenters. The van der Waals surface area contributed by atoms with E-state index in [1.165, 1.54) is 28.0 Å². The van der Waals surface area contributed by atoms with Gasteiger partial charge in [-0.1, -0.05) is 63.9 Å². The van der Waals surface area contributed by atoms with Crippen LogP contribution >= 0.6 is 27.5 Å². The average molecular weight is 763 g/mol. The lowest BCUT2D eigenvalue weighted by Crippen LogP contribution is -2.59. The van der Waals surface area contributed by atoms with Crippen LogP contribution in [0.3, 0.4) is 0 Å². The van der Waals surface area contributed by atoms with Gasteiger partial charge in [-0.05, 0) is 92.2 Å². The molecule has 3 saturated heterocycles. The minimum absolute atomic E-state index is 0.138. The molecule has 3 heterocycles. The second kappa shape index (κ2) is 18.5. The van der Waals surface area contributed by atoms with E-state index < -0.39 is 0 Å². The third-order valence-corrected chi connectivity index (χ3v) is 11.7. The van der Waals surface area contributed by atoms with E-state index in [1.807, 2.05) is 17.2 Å². The van der Waals surface area contributed by atoms with Crippen LogP contribution in [0.5, 0.6) is 0 Å². The van der Waals surface area contributed by atoms with E-state index >= 15 is 0 Å². The lowest BCUT2D eigenvalue weighted by Gasteiger charge is -2.48. The van der Waals surface area contributed by atoms with Crippen LogP contribution in [0.15, 0.2) is 64.8 Å². The van der Waals surface area contributed by atoms with Gasteiger partial charge in [-0.3, -0.25) is 24.4 Å². The predicted molar refractivity (Wildman–Crippen MR) is 209 cm³/mol. The number of benzene rings is 2. The van der Waals surface area contributed by atoms with Gasteiger partial charge in [0.1, 0.15) is 0 Å². The fraction of sp³-hybridized carbons (Fsp3) is 0.537. The Morgan fingerprint density at radius 1 is 0.940 bits per heavy atom. The number of carbonyl (C=O) groups excluding carboxylic acids is 2. The molecule has 3 aliphatic heterocycles. The lowest BCUT2D eigenvalue weighted by molar-refractivity contribution is -0.138. The first-order valence-electron chi connectivity index (χ1n) is 18.3. The third-order valence-electron chi connectivity index (χ3n) is 11.2. The maximum atomic E-state index is 13.9. The van der Waals surface area contributed by atoms with Crippen LogP contribution in [-0.4, -0.2) is 101 Å². The van der Waals surface area contributed by atoms with Crippen molar-refractivity contribution in [1.29, 1.82) is 0 Å². The molecule has 268 valence electrons. The molecule has 0 saturated carbocycles. The van der Waals surface area contributed by atoms with E-state index in [1.54, 1.807) is 6.92 Å². The van der Waals surface area contributed by atoms with Crippen LogP contribution in [0.4, 0.5) is 0 Å². The van der Waals surface area contributed by atoms with Crippen molar-refractivity contribution in [2.45, 2.75) is 83.3 Å². The summed E-state index contributed by atoms with van der Waals surface area (Å²) in [5.74, 6) is 0.792. The molecule has 0 N–H and O–H groups in total. The van der Waals surface area contributed by atoms with E-state index in [-0.39, 0.29) is 23.9 Å². The van der Waals surface area contributed by atoms with Gasteiger partial charge in [0.05, 0.1) is 11.7 Å². The number of nitrogens with zero attached hydrogens (tertiary/aromatic N) is 5. The van der Waals surface area contributed by atoms with E-state index in [0.29, 0.717) is 18.4 Å². The largest absolute Gasteiger partial charge is 0.343 e. The number of terminal acetylenes is 1. The number of aliphatic imine (C=N–C) groups is 1. The molecule has 2 amide bonds. The molecule has 6 rings (SSSR count). The monoisotopic (exact) mass is 761 g/mol. The van der Waals surface area contributed by atoms with Crippen molar-refractivity contribution in [2.24, 2.45) is 10.9 Å². The Morgan fingerprint density at radius 2 is 1.66 bits per heavy atom. The summed E-state index contributed by atoms with van der Waals surface area (Å²) in [7, 11) is 0. The minimum Gasteiger partial charge on any atom is -0.343 e. The normalized spacial score (nSPS) is 22.9. The van der Waals surface area contributed by atoms with E-state index in [2.05, 4.69) is 92.9 Å². The molecule has 0 radical (unpaired) electrons. The molecule has 0 spiro atoms. The number of fused-ring (bicyclic) bond motifs is 1. The molecule has 2 aromatic carbocycles. The van der Waals surface area contributed by atoms with Crippen LogP contribution < -0.4 is 0 Å². The van der Waals surface area contributed by atoms with Crippen LogP contribution in [-0.2, 0) is 22.4 Å². The first-order chi connectivity index (χ1) is 24.3. The Balaban J connectivity index is 0.00000239. The zero-order chi connectivity index (χ0) is 35.6. The predicted octanol–water partition coefficient (Wildman–Crippen LogP) is 7.18. The van der Waals surface area contributed by atoms with Crippen molar-refractivity contribution < 1.29 is 9.59 Å². The second-order valence-electron chi connectivity index (χ2n) is 14.2. The first-order valence-corrected chi connectivity index (χ1v) is 19.8. The molecule has 4 aliphatic rings. The Morgan fingerprint density at radius 3 is 2.34 bits per heavy atom. The summed E-state index contributed by atoms with van der Waals surface area (Å²) < 4.78 is 0. The maximum Gasteiger partial charge on any atom is 0.223 e. The quantitative estimate of drug-likeness (QED) is 0.163. The fourth-order valence-corrected chi connectivity index (χ4v) is 8.84. The highest BCUT2D eigenvalue weighted by Gasteiger charge is 2.38. The van der Waals surface area contributed by atoms with Crippen molar-refractivity contribution in [2.75, 3.05) is 51.1 Å². The van der Waals surface area contributed by atoms with Crippen LogP contribution in [0.2, 0.25) is 5.02 Å². The summed E-state index contributed by atoms with van der Waals surface area (Å²) in [5.41, 5.74) is 6.53. The topological polar surface area (TPSA) is 59.5 Å². The number of amides is 2. The van der Waals surface area contributed by atoms with Gasteiger partial charge in [0.2, 0.25) is 11.8 Å². The number of allylic oxidation sites excluding steroid dienone is 1. The number of hydrogen-bond acceptors (Lipinski definition) is 5. The SMILES string of the molecule is C#C.CC(=O)N1CCC(CC(=O)N2CCN(C3CCN(C4C(N=CCBr)=C(C)CCc5cc(Cl)ccc54)CC3)CC2Cc2ccccc2)CC1. The highest BCUT2D eigenvalue weighted by molar-refractivity contribution is 9.09. The summed E-state index contributed by atoms with van der Waals surface area (Å²) in [4.78, 5) is 40.2. The number of hydrogen-bond donors (Lipinski definition) is 0. The minimum atomic E-state index is 0.138. The van der Waals surface area contributed by atoms with Gasteiger partial charge in [-0.2, -0.15) is 0 Å². The van der Waals surface area contributed by atoms with E-state index in [9.17, 15) is 9.59 Å². The van der Waals surface area contributed by atoms with Crippen molar-refractivity contribution in [1.82, 2.24) is 19.6 Å². The Bertz CT molecular complexity index is 1530. The number of rotatable bonds is 8. The number of piperidine rings is 2. The molecule has 50 heavy (non-hydrogen) atoms. The van der Waals surface area contributed by atoms with Crippen molar-refractivity contribution in [3.05, 3.63) is 81.5 Å². The molecule has 2 unspecified atom stereocenters. The Labute approximate surface area is 313 Å². The Kier molecular flexibility index (Phi) is 14.2. The molecular weight excluding hydrogens is 710 g/mol. The van der Waals surface area contributed by atoms with E-state index in [4.69, 9.17) is 16.6 Å². The number of halogens is 2. The summed E-state index contributed by atoms with van der Waals surface area (Å²) in [6.45, 7) is 10.1. The number of piperazine rings is 1. The van der Waals surface area contributed by atoms with Crippen LogP contribution in [0.25, 0.3) is 0 Å². The zero-order valence-corrected chi connectivity index (χ0v) is 32.1. The van der Waals surface area contributed by atoms with Crippen LogP contribution in [0.1, 0.15) is 75.1 Å². The lowest BCUT2D eigenvalue weighted by atomic mass is 9.91. The number of aryl methyl sites for hydroxylation is 1. The molecule has 1 aliphatic carbocycles. The number of alkyl halides is 1. The second-order valence-corrected chi connectivity index (χ2v) is 15.3. The van der Waals surface area contributed by atoms with Gasteiger partial charge in [0, 0.05) is 87.8 Å². The van der Waals surface area contributed by atoms with Gasteiger partial charge in [0.15, 0.2) is 0 Å². The molecule has 0 aromatic heterocycles. The molecular formula is C41H53BrClN5O2. The molecule has 0 bridgehead atoms. The van der Waals surface area contributed by atoms with Crippen molar-refractivity contribution in [3.8, 4) is 12.8 Å². The van der Waals surface area contributed by atoms with E-state index in [0.717, 1.165) is 101 Å². The average Bonchev–Trinajstić information content (AvgIpc) is 3.27. The molecule has 9 heteroatoms. The summed E-state index contributed by atoms with van der Waals surface area (Å²) in [6.07, 6.45) is 17.5. The fourth-order valence-electron chi connectivity index (χ4n) is 8.50. The van der Waals surface area contributed by atoms with Crippen molar-refractivity contribution >= 4 is 45.6 Å². The van der Waals surface area contributed by atoms with Crippen LogP contribution in [0, 0.1) is 18.8 Å². The smallest absolute Gasteiger partial charge is 0.223 e. The molecule has 2 aromatic rings. The number of carbonyl (C=O) groups is 2. The summed E-state index contributed by atoms with van der Waals surface area (Å²) in [6, 6.07) is 17.9. The zero-order valence-electron chi connectivity index (χ0n) is 29.8. The standard InChI is InChI=1S/C39H51BrClN5O2.C2H2/c1-28-8-9-32-26-33(41)10-11-36(32)39(38(28)42-17-16-40)44-20-14-34(15-21-44)45-22-23-46(35(27-45)24-30-6-4-3-5-7-30)37(48)25-31-12-18-43(19-13-31)29(2)47;1-2/h3-7,10-11,17,26,31,34-35,39H,8-9,12-16,18-25,27H2,1-2H3;1-2H. The Hall–Kier alpha value is -2.96. The summed E-state index contributed by atoms with van der Waals surface area (Å²) >= 11 is 10.0. The highest BCUT2D eigenvalue weighted by Crippen LogP contribution is 2.40. The number of likely N-dealkylation sites (tertiary alicyclic amines) is 2. The van der Waals surface area contributed by atoms with Gasteiger partial charge in [-0.15, -0.1) is 12.8 Å².